The Bertz CT molecular complexity index is 1620. The van der Waals surface area contributed by atoms with E-state index in [1.54, 1.807) is 11.8 Å². The molecule has 3 heterocycles. The molecule has 1 aliphatic rings. The fourth-order valence-corrected chi connectivity index (χ4v) is 4.78. The minimum Gasteiger partial charge on any atom is -0.497 e. The lowest BCUT2D eigenvalue weighted by Crippen LogP contribution is -2.34. The first-order chi connectivity index (χ1) is 17.1. The summed E-state index contributed by atoms with van der Waals surface area (Å²) in [5.41, 5.74) is 9.11. The molecule has 9 nitrogen and oxygen atoms in total. The van der Waals surface area contributed by atoms with Crippen LogP contribution in [-0.2, 0) is 0 Å². The first kappa shape index (κ1) is 21.3. The number of ether oxygens (including phenoxy) is 1. The smallest absolute Gasteiger partial charge is 0.261 e. The fraction of sp³-hybridized carbons (Fsp3) is 0.269. The Morgan fingerprint density at radius 1 is 1.09 bits per heavy atom. The maximum atomic E-state index is 13.6. The normalized spacial score (nSPS) is 14.8. The molecule has 0 bridgehead atoms. The highest BCUT2D eigenvalue weighted by molar-refractivity contribution is 5.98. The predicted octanol–water partition coefficient (Wildman–Crippen LogP) is 4.13. The molecular weight excluding hydrogens is 442 g/mol. The molecule has 0 aliphatic heterocycles. The van der Waals surface area contributed by atoms with Crippen LogP contribution in [0.4, 0.5) is 5.82 Å². The third-order valence-corrected chi connectivity index (χ3v) is 6.90. The van der Waals surface area contributed by atoms with E-state index in [0.29, 0.717) is 39.3 Å². The second-order valence-corrected chi connectivity index (χ2v) is 8.90. The fourth-order valence-electron chi connectivity index (χ4n) is 4.78. The molecule has 2 N–H and O–H groups in total. The minimum absolute atomic E-state index is 0.0110. The minimum atomic E-state index is -0.364. The molecule has 0 saturated heterocycles. The van der Waals surface area contributed by atoms with E-state index in [0.717, 1.165) is 30.6 Å². The number of para-hydroxylation sites is 1. The van der Waals surface area contributed by atoms with E-state index in [2.05, 4.69) is 9.97 Å². The van der Waals surface area contributed by atoms with Crippen molar-refractivity contribution in [3.63, 3.8) is 0 Å². The first-order valence-corrected chi connectivity index (χ1v) is 11.7. The van der Waals surface area contributed by atoms with E-state index in [-0.39, 0.29) is 17.6 Å². The number of anilines is 1. The van der Waals surface area contributed by atoms with Crippen LogP contribution in [0.5, 0.6) is 5.75 Å². The summed E-state index contributed by atoms with van der Waals surface area (Å²) in [6.07, 6.45) is 4.47. The molecule has 1 fully saturated rings. The van der Waals surface area contributed by atoms with Crippen LogP contribution in [0.2, 0.25) is 0 Å². The molecule has 1 atom stereocenters. The highest BCUT2D eigenvalue weighted by atomic mass is 16.5. The van der Waals surface area contributed by atoms with Crippen LogP contribution in [0.3, 0.4) is 0 Å². The topological polar surface area (TPSA) is 114 Å². The van der Waals surface area contributed by atoms with Gasteiger partial charge in [-0.15, -0.1) is 0 Å². The van der Waals surface area contributed by atoms with Gasteiger partial charge in [-0.05, 0) is 62.6 Å². The Morgan fingerprint density at radius 3 is 2.57 bits per heavy atom. The number of hydrogen-bond acceptors (Lipinski definition) is 7. The van der Waals surface area contributed by atoms with Gasteiger partial charge in [0.25, 0.3) is 5.56 Å². The Balaban J connectivity index is 1.58. The second-order valence-electron chi connectivity index (χ2n) is 8.90. The molecule has 1 saturated carbocycles. The maximum Gasteiger partial charge on any atom is 0.261 e. The van der Waals surface area contributed by atoms with Gasteiger partial charge in [0.05, 0.1) is 23.4 Å². The highest BCUT2D eigenvalue weighted by Gasteiger charge is 2.29. The van der Waals surface area contributed by atoms with Gasteiger partial charge >= 0.3 is 0 Å². The summed E-state index contributed by atoms with van der Waals surface area (Å²) in [5, 5.41) is 6.24. The van der Waals surface area contributed by atoms with Crippen LogP contribution in [0.1, 0.15) is 44.1 Å². The average molecular weight is 468 g/mol. The standard InChI is InChI=1S/C26H25N7O2/c1-15(24-30-20-9-4-3-8-19(20)26(34)32(24)17-6-5-7-17)33-25-21(23(27)28-14-29-25)22(31-33)16-10-12-18(35-2)13-11-16/h3-4,8-15,17H,5-7H2,1-2H3,(H2,27,28,29). The quantitative estimate of drug-likeness (QED) is 0.413. The Hall–Kier alpha value is -4.27. The van der Waals surface area contributed by atoms with Gasteiger partial charge in [0, 0.05) is 11.6 Å². The number of fused-ring (bicyclic) bond motifs is 2. The van der Waals surface area contributed by atoms with Crippen LogP contribution < -0.4 is 16.0 Å². The number of rotatable bonds is 5. The van der Waals surface area contributed by atoms with E-state index in [1.807, 2.05) is 60.0 Å². The van der Waals surface area contributed by atoms with Gasteiger partial charge in [0.2, 0.25) is 0 Å². The number of benzene rings is 2. The van der Waals surface area contributed by atoms with Crippen LogP contribution in [-0.4, -0.2) is 36.4 Å². The summed E-state index contributed by atoms with van der Waals surface area (Å²) < 4.78 is 8.97. The molecule has 2 aromatic carbocycles. The number of hydrogen-bond donors (Lipinski definition) is 1. The van der Waals surface area contributed by atoms with Crippen molar-refractivity contribution in [2.24, 2.45) is 0 Å². The van der Waals surface area contributed by atoms with E-state index in [1.165, 1.54) is 6.33 Å². The van der Waals surface area contributed by atoms with Crippen LogP contribution in [0.15, 0.2) is 59.7 Å². The summed E-state index contributed by atoms with van der Waals surface area (Å²) in [4.78, 5) is 27.3. The van der Waals surface area contributed by atoms with Gasteiger partial charge in [-0.2, -0.15) is 5.10 Å². The van der Waals surface area contributed by atoms with Crippen molar-refractivity contribution in [1.29, 1.82) is 0 Å². The Labute approximate surface area is 201 Å². The van der Waals surface area contributed by atoms with E-state index in [4.69, 9.17) is 20.6 Å². The van der Waals surface area contributed by atoms with Crippen LogP contribution >= 0.6 is 0 Å². The van der Waals surface area contributed by atoms with Crippen LogP contribution in [0, 0.1) is 0 Å². The molecule has 35 heavy (non-hydrogen) atoms. The zero-order valence-electron chi connectivity index (χ0n) is 19.5. The van der Waals surface area contributed by atoms with Crippen molar-refractivity contribution < 1.29 is 4.74 Å². The van der Waals surface area contributed by atoms with Gasteiger partial charge in [-0.3, -0.25) is 9.36 Å². The van der Waals surface area contributed by atoms with Crippen molar-refractivity contribution in [2.75, 3.05) is 12.8 Å². The van der Waals surface area contributed by atoms with Crippen molar-refractivity contribution in [3.05, 3.63) is 71.0 Å². The predicted molar refractivity (Wildman–Crippen MR) is 134 cm³/mol. The van der Waals surface area contributed by atoms with Crippen molar-refractivity contribution >= 4 is 27.8 Å². The molecule has 3 aromatic heterocycles. The highest BCUT2D eigenvalue weighted by Crippen LogP contribution is 2.36. The molecule has 0 radical (unpaired) electrons. The van der Waals surface area contributed by atoms with Crippen LogP contribution in [0.25, 0.3) is 33.2 Å². The van der Waals surface area contributed by atoms with Gasteiger partial charge in [-0.25, -0.2) is 19.6 Å². The van der Waals surface area contributed by atoms with Crippen molar-refractivity contribution in [1.82, 2.24) is 29.3 Å². The first-order valence-electron chi connectivity index (χ1n) is 11.7. The Morgan fingerprint density at radius 2 is 1.86 bits per heavy atom. The van der Waals surface area contributed by atoms with Gasteiger partial charge in [0.1, 0.15) is 35.5 Å². The number of nitrogens with two attached hydrogens (primary N) is 1. The lowest BCUT2D eigenvalue weighted by atomic mass is 9.92. The van der Waals surface area contributed by atoms with E-state index >= 15 is 0 Å². The number of aromatic nitrogens is 6. The monoisotopic (exact) mass is 467 g/mol. The molecule has 1 aliphatic carbocycles. The molecule has 6 rings (SSSR count). The number of methoxy groups -OCH3 is 1. The zero-order chi connectivity index (χ0) is 24.1. The third-order valence-electron chi connectivity index (χ3n) is 6.90. The molecular formula is C26H25N7O2. The largest absolute Gasteiger partial charge is 0.497 e. The summed E-state index contributed by atoms with van der Waals surface area (Å²) in [6, 6.07) is 14.9. The lowest BCUT2D eigenvalue weighted by molar-refractivity contribution is 0.288. The molecule has 9 heteroatoms. The number of nitrogens with zero attached hydrogens (tertiary/aromatic N) is 6. The van der Waals surface area contributed by atoms with E-state index < -0.39 is 0 Å². The molecule has 0 amide bonds. The zero-order valence-corrected chi connectivity index (χ0v) is 19.5. The maximum absolute atomic E-state index is 13.6. The van der Waals surface area contributed by atoms with E-state index in [9.17, 15) is 4.79 Å². The van der Waals surface area contributed by atoms with Gasteiger partial charge < -0.3 is 10.5 Å². The second kappa shape index (κ2) is 8.19. The SMILES string of the molecule is COc1ccc(-c2nn(C(C)c3nc4ccccc4c(=O)n3C3CCC3)c3ncnc(N)c23)cc1. The van der Waals surface area contributed by atoms with Crippen molar-refractivity contribution in [3.8, 4) is 17.0 Å². The van der Waals surface area contributed by atoms with Crippen molar-refractivity contribution in [2.45, 2.75) is 38.3 Å². The molecule has 176 valence electrons. The summed E-state index contributed by atoms with van der Waals surface area (Å²) in [5.74, 6) is 1.77. The molecule has 0 spiro atoms. The number of nitrogen functional groups attached to an aromatic ring is 1. The molecule has 1 unspecified atom stereocenters. The lowest BCUT2D eigenvalue weighted by Gasteiger charge is -2.31. The summed E-state index contributed by atoms with van der Waals surface area (Å²) >= 11 is 0. The average Bonchev–Trinajstić information content (AvgIpc) is 3.25. The third kappa shape index (κ3) is 3.34. The summed E-state index contributed by atoms with van der Waals surface area (Å²) in [7, 11) is 1.63. The summed E-state index contributed by atoms with van der Waals surface area (Å²) in [6.45, 7) is 1.99. The molecule has 5 aromatic rings. The van der Waals surface area contributed by atoms with Gasteiger partial charge in [0.15, 0.2) is 5.65 Å². The Kier molecular flexibility index (Phi) is 4.98. The van der Waals surface area contributed by atoms with Gasteiger partial charge in [-0.1, -0.05) is 12.1 Å².